The highest BCUT2D eigenvalue weighted by Gasteiger charge is 2.36. The molecule has 32 heavy (non-hydrogen) atoms. The summed E-state index contributed by atoms with van der Waals surface area (Å²) in [6.07, 6.45) is 4.25. The van der Waals surface area contributed by atoms with E-state index in [0.29, 0.717) is 42.6 Å². The van der Waals surface area contributed by atoms with Gasteiger partial charge < -0.3 is 20.3 Å². The molecule has 0 saturated heterocycles. The molecule has 2 N–H and O–H groups in total. The molecule has 7 nitrogen and oxygen atoms in total. The highest BCUT2D eigenvalue weighted by molar-refractivity contribution is 7.80. The maximum atomic E-state index is 13.2. The van der Waals surface area contributed by atoms with Crippen LogP contribution >= 0.6 is 23.8 Å². The maximum absolute atomic E-state index is 13.2. The Morgan fingerprint density at radius 1 is 1.31 bits per heavy atom. The zero-order valence-corrected chi connectivity index (χ0v) is 19.7. The van der Waals surface area contributed by atoms with Gasteiger partial charge in [0.05, 0.1) is 12.3 Å². The summed E-state index contributed by atoms with van der Waals surface area (Å²) in [5, 5.41) is 7.07. The lowest BCUT2D eigenvalue weighted by atomic mass is 9.87. The molecular formula is C23H27ClN4O3S. The summed E-state index contributed by atoms with van der Waals surface area (Å²) in [4.78, 5) is 31.1. The van der Waals surface area contributed by atoms with Gasteiger partial charge in [0.1, 0.15) is 0 Å². The fraction of sp³-hybridized carbons (Fsp3) is 0.391. The number of carbonyl (C=O) groups excluding carboxylic acids is 2. The van der Waals surface area contributed by atoms with Crippen LogP contribution in [0.3, 0.4) is 0 Å². The molecule has 1 amide bonds. The molecule has 0 bridgehead atoms. The Morgan fingerprint density at radius 2 is 2.06 bits per heavy atom. The zero-order chi connectivity index (χ0) is 23.1. The lowest BCUT2D eigenvalue weighted by Crippen LogP contribution is -2.48. The molecule has 0 aromatic heterocycles. The number of esters is 1. The first-order valence-corrected chi connectivity index (χ1v) is 11.4. The second kappa shape index (κ2) is 11.2. The molecule has 2 atom stereocenters. The van der Waals surface area contributed by atoms with Crippen molar-refractivity contribution in [1.82, 2.24) is 15.5 Å². The highest BCUT2D eigenvalue weighted by Crippen LogP contribution is 2.34. The van der Waals surface area contributed by atoms with Crippen molar-refractivity contribution < 1.29 is 14.3 Å². The van der Waals surface area contributed by atoms with Gasteiger partial charge in [0.25, 0.3) is 5.91 Å². The summed E-state index contributed by atoms with van der Waals surface area (Å²) in [5.74, 6) is -0.593. The maximum Gasteiger partial charge on any atom is 0.305 e. The van der Waals surface area contributed by atoms with E-state index in [9.17, 15) is 9.59 Å². The number of thiocarbonyl (C=S) groups is 1. The number of ether oxygens (including phenoxy) is 1. The first kappa shape index (κ1) is 23.9. The second-order valence-corrected chi connectivity index (χ2v) is 8.34. The van der Waals surface area contributed by atoms with Gasteiger partial charge in [-0.25, -0.2) is 0 Å². The normalized spacial score (nSPS) is 20.3. The van der Waals surface area contributed by atoms with Crippen LogP contribution in [-0.2, 0) is 14.3 Å². The lowest BCUT2D eigenvalue weighted by Gasteiger charge is -2.28. The minimum absolute atomic E-state index is 0.137. The van der Waals surface area contributed by atoms with Gasteiger partial charge in [0.15, 0.2) is 5.11 Å². The van der Waals surface area contributed by atoms with Gasteiger partial charge in [0.2, 0.25) is 6.17 Å². The summed E-state index contributed by atoms with van der Waals surface area (Å²) < 4.78 is 4.92. The van der Waals surface area contributed by atoms with Crippen molar-refractivity contribution in [2.45, 2.75) is 32.4 Å². The summed E-state index contributed by atoms with van der Waals surface area (Å²) in [6.45, 7) is 2.61. The molecular weight excluding hydrogens is 448 g/mol. The van der Waals surface area contributed by atoms with Crippen molar-refractivity contribution in [3.05, 3.63) is 58.8 Å². The summed E-state index contributed by atoms with van der Waals surface area (Å²) in [6, 6.07) is 9.77. The number of aliphatic imine (C=N–C) groups is 1. The molecule has 0 saturated carbocycles. The number of hydrogen-bond donors (Lipinski definition) is 2. The largest absolute Gasteiger partial charge is 0.466 e. The Morgan fingerprint density at radius 3 is 2.78 bits per heavy atom. The van der Waals surface area contributed by atoms with Crippen LogP contribution in [0.5, 0.6) is 0 Å². The number of nitrogens with one attached hydrogen (secondary N) is 2. The Bertz CT molecular complexity index is 961. The van der Waals surface area contributed by atoms with Gasteiger partial charge in [-0.15, -0.1) is 0 Å². The van der Waals surface area contributed by atoms with E-state index in [2.05, 4.69) is 10.6 Å². The third kappa shape index (κ3) is 5.95. The van der Waals surface area contributed by atoms with Crippen molar-refractivity contribution in [1.29, 1.82) is 0 Å². The van der Waals surface area contributed by atoms with Crippen LogP contribution in [0.4, 0.5) is 0 Å². The number of likely N-dealkylation sites (N-methyl/N-ethyl adjacent to an activating group) is 1. The van der Waals surface area contributed by atoms with Crippen molar-refractivity contribution in [3.8, 4) is 0 Å². The van der Waals surface area contributed by atoms with Gasteiger partial charge in [-0.1, -0.05) is 41.9 Å². The Balaban J connectivity index is 1.76. The first-order chi connectivity index (χ1) is 15.4. The van der Waals surface area contributed by atoms with Crippen molar-refractivity contribution >= 4 is 46.5 Å². The van der Waals surface area contributed by atoms with Crippen molar-refractivity contribution in [2.75, 3.05) is 20.2 Å². The monoisotopic (exact) mass is 474 g/mol. The SMILES string of the molecule is CCOC(=O)CCCNC(=S)NC1N=C(c2ccccc2)C2CC(Cl)=CC=C2N(C)C1=O. The lowest BCUT2D eigenvalue weighted by molar-refractivity contribution is -0.143. The minimum Gasteiger partial charge on any atom is -0.466 e. The molecule has 9 heteroatoms. The molecule has 1 heterocycles. The Hall–Kier alpha value is -2.71. The van der Waals surface area contributed by atoms with Crippen LogP contribution in [0.2, 0.25) is 0 Å². The topological polar surface area (TPSA) is 83.0 Å². The van der Waals surface area contributed by atoms with E-state index in [1.54, 1.807) is 18.9 Å². The highest BCUT2D eigenvalue weighted by atomic mass is 35.5. The van der Waals surface area contributed by atoms with Gasteiger partial charge in [-0.2, -0.15) is 0 Å². The van der Waals surface area contributed by atoms with E-state index in [1.807, 2.05) is 42.5 Å². The summed E-state index contributed by atoms with van der Waals surface area (Å²) in [5.41, 5.74) is 2.56. The molecule has 0 spiro atoms. The van der Waals surface area contributed by atoms with E-state index in [0.717, 1.165) is 17.0 Å². The van der Waals surface area contributed by atoms with Crippen LogP contribution in [0.15, 0.2) is 58.2 Å². The van der Waals surface area contributed by atoms with Gasteiger partial charge in [0, 0.05) is 36.7 Å². The molecule has 0 fully saturated rings. The van der Waals surface area contributed by atoms with Crippen LogP contribution in [0.25, 0.3) is 0 Å². The van der Waals surface area contributed by atoms with Crippen LogP contribution in [-0.4, -0.2) is 54.0 Å². The average molecular weight is 475 g/mol. The summed E-state index contributed by atoms with van der Waals surface area (Å²) in [7, 11) is 1.74. The third-order valence-corrected chi connectivity index (χ3v) is 5.77. The third-order valence-electron chi connectivity index (χ3n) is 5.23. The average Bonchev–Trinajstić information content (AvgIpc) is 2.88. The number of allylic oxidation sites excluding steroid dienone is 4. The minimum atomic E-state index is -0.884. The van der Waals surface area contributed by atoms with E-state index < -0.39 is 6.17 Å². The number of rotatable bonds is 7. The molecule has 1 aromatic rings. The number of halogens is 1. The van der Waals surface area contributed by atoms with E-state index in [1.165, 1.54) is 0 Å². The molecule has 1 aliphatic carbocycles. The molecule has 1 aromatic carbocycles. The smallest absolute Gasteiger partial charge is 0.305 e. The quantitative estimate of drug-likeness (QED) is 0.359. The fourth-order valence-corrected chi connectivity index (χ4v) is 4.09. The van der Waals surface area contributed by atoms with Crippen molar-refractivity contribution in [3.63, 3.8) is 0 Å². The van der Waals surface area contributed by atoms with Crippen LogP contribution in [0, 0.1) is 5.92 Å². The number of nitrogens with zero attached hydrogens (tertiary/aromatic N) is 2. The fourth-order valence-electron chi connectivity index (χ4n) is 3.66. The molecule has 0 radical (unpaired) electrons. The molecule has 1 aliphatic heterocycles. The number of hydrogen-bond acceptors (Lipinski definition) is 5. The molecule has 2 aliphatic rings. The predicted octanol–water partition coefficient (Wildman–Crippen LogP) is 3.11. The van der Waals surface area contributed by atoms with Gasteiger partial charge in [-0.05, 0) is 49.7 Å². The number of fused-ring (bicyclic) bond motifs is 1. The molecule has 3 rings (SSSR count). The Labute approximate surface area is 198 Å². The number of carbonyl (C=O) groups is 2. The van der Waals surface area contributed by atoms with Crippen LogP contribution < -0.4 is 10.6 Å². The van der Waals surface area contributed by atoms with E-state index in [4.69, 9.17) is 33.5 Å². The van der Waals surface area contributed by atoms with Crippen molar-refractivity contribution in [2.24, 2.45) is 10.9 Å². The molecule has 2 unspecified atom stereocenters. The Kier molecular flexibility index (Phi) is 8.41. The summed E-state index contributed by atoms with van der Waals surface area (Å²) >= 11 is 11.7. The first-order valence-electron chi connectivity index (χ1n) is 10.6. The predicted molar refractivity (Wildman–Crippen MR) is 129 cm³/mol. The van der Waals surface area contributed by atoms with E-state index >= 15 is 0 Å². The van der Waals surface area contributed by atoms with Crippen LogP contribution in [0.1, 0.15) is 31.7 Å². The molecule has 170 valence electrons. The van der Waals surface area contributed by atoms with Gasteiger partial charge in [-0.3, -0.25) is 14.6 Å². The standard InChI is InChI=1S/C23H27ClN4O3S/c1-3-31-19(29)10-7-13-25-23(32)27-21-22(30)28(2)18-12-11-16(24)14-17(18)20(26-21)15-8-5-4-6-9-15/h4-6,8-9,11-12,17,21H,3,7,10,13-14H2,1-2H3,(H2,25,27,32). The van der Waals surface area contributed by atoms with E-state index in [-0.39, 0.29) is 17.8 Å². The zero-order valence-electron chi connectivity index (χ0n) is 18.1. The number of benzene rings is 1. The van der Waals surface area contributed by atoms with Gasteiger partial charge >= 0.3 is 5.97 Å². The number of amides is 1. The second-order valence-electron chi connectivity index (χ2n) is 7.45.